The highest BCUT2D eigenvalue weighted by Crippen LogP contribution is 2.32. The number of nitrogen functional groups attached to an aromatic ring is 1. The Morgan fingerprint density at radius 1 is 0.879 bits per heavy atom. The average Bonchev–Trinajstić information content (AvgIpc) is 3.26. The third-order valence-corrected chi connectivity index (χ3v) is 5.74. The maximum atomic E-state index is 10.1. The number of anilines is 2. The summed E-state index contributed by atoms with van der Waals surface area (Å²) in [5.41, 5.74) is 12.2. The Morgan fingerprint density at radius 3 is 2.42 bits per heavy atom. The molecule has 33 heavy (non-hydrogen) atoms. The Bertz CT molecular complexity index is 1380. The van der Waals surface area contributed by atoms with Crippen LogP contribution in [0.1, 0.15) is 5.56 Å². The molecule has 1 atom stereocenters. The van der Waals surface area contributed by atoms with E-state index in [1.807, 2.05) is 66.9 Å². The van der Waals surface area contributed by atoms with Crippen LogP contribution in [0, 0.1) is 0 Å². The zero-order chi connectivity index (χ0) is 22.6. The Hall–Kier alpha value is -4.16. The van der Waals surface area contributed by atoms with Gasteiger partial charge < -0.3 is 21.1 Å². The van der Waals surface area contributed by atoms with Crippen molar-refractivity contribution in [3.8, 4) is 22.4 Å². The van der Waals surface area contributed by atoms with Crippen molar-refractivity contribution in [3.05, 3.63) is 96.7 Å². The van der Waals surface area contributed by atoms with Crippen molar-refractivity contribution in [1.29, 1.82) is 0 Å². The van der Waals surface area contributed by atoms with Crippen LogP contribution < -0.4 is 11.1 Å². The number of nitrogens with one attached hydrogen (secondary N) is 2. The number of rotatable bonds is 7. The van der Waals surface area contributed by atoms with E-state index in [1.165, 1.54) is 0 Å². The third-order valence-electron chi connectivity index (χ3n) is 5.74. The van der Waals surface area contributed by atoms with Crippen LogP contribution in [0.25, 0.3) is 33.3 Å². The van der Waals surface area contributed by atoms with Crippen LogP contribution in [0.2, 0.25) is 0 Å². The van der Waals surface area contributed by atoms with E-state index in [0.29, 0.717) is 12.2 Å². The Labute approximate surface area is 192 Å². The van der Waals surface area contributed by atoms with Crippen LogP contribution in [0.5, 0.6) is 0 Å². The maximum absolute atomic E-state index is 10.1. The summed E-state index contributed by atoms with van der Waals surface area (Å²) in [7, 11) is 0. The smallest absolute Gasteiger partial charge is 0.222 e. The number of fused-ring (bicyclic) bond motifs is 1. The molecule has 5 rings (SSSR count). The predicted octanol–water partition coefficient (Wildman–Crippen LogP) is 4.89. The normalized spacial score (nSPS) is 12.0. The topological polar surface area (TPSA) is 99.9 Å². The van der Waals surface area contributed by atoms with Gasteiger partial charge in [-0.25, -0.2) is 4.98 Å². The number of hydrogen-bond acceptors (Lipinski definition) is 5. The molecule has 6 heteroatoms. The second-order valence-electron chi connectivity index (χ2n) is 8.00. The van der Waals surface area contributed by atoms with Crippen molar-refractivity contribution in [2.45, 2.75) is 12.5 Å². The molecule has 164 valence electrons. The first-order chi connectivity index (χ1) is 16.2. The minimum atomic E-state index is -0.226. The lowest BCUT2D eigenvalue weighted by molar-refractivity contribution is 0.273. The highest BCUT2D eigenvalue weighted by Gasteiger charge is 2.15. The summed E-state index contributed by atoms with van der Waals surface area (Å²) in [4.78, 5) is 12.2. The average molecular weight is 436 g/mol. The third kappa shape index (κ3) is 4.42. The number of aliphatic hydroxyl groups is 1. The van der Waals surface area contributed by atoms with Gasteiger partial charge in [0.05, 0.1) is 18.3 Å². The van der Waals surface area contributed by atoms with Crippen molar-refractivity contribution in [2.75, 3.05) is 17.7 Å². The fourth-order valence-electron chi connectivity index (χ4n) is 4.19. The second-order valence-corrected chi connectivity index (χ2v) is 8.00. The van der Waals surface area contributed by atoms with Gasteiger partial charge in [-0.3, -0.25) is 0 Å². The number of hydrogen-bond donors (Lipinski definition) is 4. The molecule has 6 nitrogen and oxygen atoms in total. The zero-order valence-electron chi connectivity index (χ0n) is 18.1. The summed E-state index contributed by atoms with van der Waals surface area (Å²) >= 11 is 0. The number of para-hydroxylation sites is 1. The van der Waals surface area contributed by atoms with Gasteiger partial charge >= 0.3 is 0 Å². The van der Waals surface area contributed by atoms with Gasteiger partial charge in [0.15, 0.2) is 0 Å². The predicted molar refractivity (Wildman–Crippen MR) is 134 cm³/mol. The first-order valence-electron chi connectivity index (χ1n) is 10.9. The van der Waals surface area contributed by atoms with E-state index in [0.717, 1.165) is 38.9 Å². The highest BCUT2D eigenvalue weighted by atomic mass is 16.3. The number of H-pyrrole nitrogens is 1. The van der Waals surface area contributed by atoms with Crippen molar-refractivity contribution < 1.29 is 5.11 Å². The molecule has 0 spiro atoms. The number of nitrogens with zero attached hydrogens (tertiary/aromatic N) is 2. The molecule has 0 saturated heterocycles. The van der Waals surface area contributed by atoms with Gasteiger partial charge in [0, 0.05) is 28.7 Å². The molecule has 0 bridgehead atoms. The summed E-state index contributed by atoms with van der Waals surface area (Å²) in [6.45, 7) is -0.0423. The molecule has 5 N–H and O–H groups in total. The molecule has 0 saturated carbocycles. The first kappa shape index (κ1) is 20.7. The van der Waals surface area contributed by atoms with Gasteiger partial charge in [-0.1, -0.05) is 72.8 Å². The van der Waals surface area contributed by atoms with Gasteiger partial charge in [-0.15, -0.1) is 0 Å². The number of nitrogens with two attached hydrogens (primary N) is 1. The molecule has 0 aliphatic rings. The largest absolute Gasteiger partial charge is 0.394 e. The number of aromatic nitrogens is 3. The minimum absolute atomic E-state index is 0.0423. The van der Waals surface area contributed by atoms with Gasteiger partial charge in [0.1, 0.15) is 5.82 Å². The molecule has 0 amide bonds. The van der Waals surface area contributed by atoms with Crippen molar-refractivity contribution >= 4 is 22.7 Å². The van der Waals surface area contributed by atoms with E-state index in [2.05, 4.69) is 44.5 Å². The molecule has 2 heterocycles. The summed E-state index contributed by atoms with van der Waals surface area (Å²) in [6, 6.07) is 28.1. The number of aromatic amines is 1. The SMILES string of the molecule is Nc1nc(N[C@@H](CO)Cc2c[nH]c3ccccc23)cc(-c2ccccc2-c2ccccc2)n1. The fourth-order valence-corrected chi connectivity index (χ4v) is 4.19. The standard InChI is InChI=1S/C27H25N5O/c28-27-31-25(23-12-5-4-10-21(23)18-8-2-1-3-9-18)15-26(32-27)30-20(17-33)14-19-16-29-24-13-7-6-11-22(19)24/h1-13,15-16,20,29,33H,14,17H2,(H3,28,30,31,32)/t20-/m1/s1. The lowest BCUT2D eigenvalue weighted by Crippen LogP contribution is -2.27. The van der Waals surface area contributed by atoms with Crippen molar-refractivity contribution in [2.24, 2.45) is 0 Å². The van der Waals surface area contributed by atoms with E-state index in [1.54, 1.807) is 0 Å². The van der Waals surface area contributed by atoms with Crippen LogP contribution >= 0.6 is 0 Å². The molecule has 0 fully saturated rings. The highest BCUT2D eigenvalue weighted by molar-refractivity contribution is 5.84. The van der Waals surface area contributed by atoms with Gasteiger partial charge in [-0.2, -0.15) is 4.98 Å². The van der Waals surface area contributed by atoms with Crippen LogP contribution in [0.3, 0.4) is 0 Å². The zero-order valence-corrected chi connectivity index (χ0v) is 18.1. The molecule has 0 aliphatic heterocycles. The summed E-state index contributed by atoms with van der Waals surface area (Å²) in [5, 5.41) is 14.6. The van der Waals surface area contributed by atoms with Crippen molar-refractivity contribution in [1.82, 2.24) is 15.0 Å². The maximum Gasteiger partial charge on any atom is 0.222 e. The van der Waals surface area contributed by atoms with E-state index in [-0.39, 0.29) is 18.6 Å². The fraction of sp³-hybridized carbons (Fsp3) is 0.111. The lowest BCUT2D eigenvalue weighted by Gasteiger charge is -2.18. The Kier molecular flexibility index (Phi) is 5.74. The number of aliphatic hydroxyl groups excluding tert-OH is 1. The van der Waals surface area contributed by atoms with Gasteiger partial charge in [0.25, 0.3) is 0 Å². The molecule has 0 aliphatic carbocycles. The van der Waals surface area contributed by atoms with Crippen molar-refractivity contribution in [3.63, 3.8) is 0 Å². The second kappa shape index (κ2) is 9.14. The van der Waals surface area contributed by atoms with Crippen LogP contribution in [-0.4, -0.2) is 32.7 Å². The Balaban J connectivity index is 1.45. The molecular weight excluding hydrogens is 410 g/mol. The molecule has 0 radical (unpaired) electrons. The van der Waals surface area contributed by atoms with Gasteiger partial charge in [0.2, 0.25) is 5.95 Å². The summed E-state index contributed by atoms with van der Waals surface area (Å²) < 4.78 is 0. The first-order valence-corrected chi connectivity index (χ1v) is 10.9. The minimum Gasteiger partial charge on any atom is -0.394 e. The van der Waals surface area contributed by atoms with Crippen LogP contribution in [0.4, 0.5) is 11.8 Å². The molecule has 2 aromatic heterocycles. The summed E-state index contributed by atoms with van der Waals surface area (Å²) in [5.74, 6) is 0.765. The monoisotopic (exact) mass is 435 g/mol. The van der Waals surface area contributed by atoms with E-state index >= 15 is 0 Å². The van der Waals surface area contributed by atoms with Crippen LogP contribution in [-0.2, 0) is 6.42 Å². The number of benzene rings is 3. The van der Waals surface area contributed by atoms with E-state index < -0.39 is 0 Å². The lowest BCUT2D eigenvalue weighted by atomic mass is 9.97. The molecule has 3 aromatic carbocycles. The summed E-state index contributed by atoms with van der Waals surface area (Å²) in [6.07, 6.45) is 2.63. The molecule has 5 aromatic rings. The molecular formula is C27H25N5O. The van der Waals surface area contributed by atoms with E-state index in [4.69, 9.17) is 5.73 Å². The quantitative estimate of drug-likeness (QED) is 0.292. The molecule has 0 unspecified atom stereocenters. The van der Waals surface area contributed by atoms with E-state index in [9.17, 15) is 5.11 Å². The van der Waals surface area contributed by atoms with Gasteiger partial charge in [-0.05, 0) is 29.2 Å². The Morgan fingerprint density at radius 2 is 1.61 bits per heavy atom. The van der Waals surface area contributed by atoms with Crippen LogP contribution in [0.15, 0.2) is 91.1 Å².